The summed E-state index contributed by atoms with van der Waals surface area (Å²) in [4.78, 5) is 24.4. The van der Waals surface area contributed by atoms with Crippen molar-refractivity contribution >= 4 is 17.6 Å². The molecule has 1 aliphatic rings. The Kier molecular flexibility index (Phi) is 7.89. The second-order valence-corrected chi connectivity index (χ2v) is 8.01. The second kappa shape index (κ2) is 10.8. The van der Waals surface area contributed by atoms with Gasteiger partial charge in [-0.1, -0.05) is 24.1 Å². The molecule has 2 aromatic carbocycles. The molecule has 0 spiro atoms. The maximum absolute atomic E-state index is 12.3. The number of aryl methyl sites for hydroxylation is 2. The summed E-state index contributed by atoms with van der Waals surface area (Å²) in [7, 11) is 0. The van der Waals surface area contributed by atoms with Gasteiger partial charge in [-0.3, -0.25) is 4.79 Å². The lowest BCUT2D eigenvalue weighted by Crippen LogP contribution is -2.21. The van der Waals surface area contributed by atoms with Gasteiger partial charge in [0.05, 0.1) is 12.2 Å². The van der Waals surface area contributed by atoms with Gasteiger partial charge in [0.2, 0.25) is 5.91 Å². The van der Waals surface area contributed by atoms with Crippen LogP contribution in [-0.4, -0.2) is 24.6 Å². The van der Waals surface area contributed by atoms with Gasteiger partial charge in [0.15, 0.2) is 0 Å². The lowest BCUT2D eigenvalue weighted by atomic mass is 9.98. The highest BCUT2D eigenvalue weighted by Gasteiger charge is 2.18. The smallest absolute Gasteiger partial charge is 0.338 e. The predicted molar refractivity (Wildman–Crippen MR) is 118 cm³/mol. The lowest BCUT2D eigenvalue weighted by Gasteiger charge is -2.21. The number of benzene rings is 2. The van der Waals surface area contributed by atoms with E-state index < -0.39 is 0 Å². The van der Waals surface area contributed by atoms with Crippen molar-refractivity contribution in [3.05, 3.63) is 59.2 Å². The van der Waals surface area contributed by atoms with Crippen molar-refractivity contribution in [3.63, 3.8) is 0 Å². The summed E-state index contributed by atoms with van der Waals surface area (Å²) >= 11 is 0. The maximum Gasteiger partial charge on any atom is 0.338 e. The molecule has 30 heavy (non-hydrogen) atoms. The number of hydrogen-bond acceptors (Lipinski definition) is 4. The molecule has 0 aliphatic heterocycles. The third-order valence-electron chi connectivity index (χ3n) is 5.37. The van der Waals surface area contributed by atoms with E-state index in [1.807, 2.05) is 26.0 Å². The molecule has 5 nitrogen and oxygen atoms in total. The maximum atomic E-state index is 12.3. The van der Waals surface area contributed by atoms with E-state index in [2.05, 4.69) is 11.4 Å². The van der Waals surface area contributed by atoms with E-state index in [1.54, 1.807) is 24.3 Å². The van der Waals surface area contributed by atoms with Gasteiger partial charge < -0.3 is 14.8 Å². The minimum Gasteiger partial charge on any atom is -0.493 e. The summed E-state index contributed by atoms with van der Waals surface area (Å²) in [5, 5.41) is 2.86. The third-order valence-corrected chi connectivity index (χ3v) is 5.37. The topological polar surface area (TPSA) is 64.6 Å². The summed E-state index contributed by atoms with van der Waals surface area (Å²) in [5.74, 6) is 0.497. The summed E-state index contributed by atoms with van der Waals surface area (Å²) < 4.78 is 11.3. The van der Waals surface area contributed by atoms with E-state index in [-0.39, 0.29) is 18.0 Å². The molecule has 5 heteroatoms. The van der Waals surface area contributed by atoms with Crippen LogP contribution in [0.25, 0.3) is 0 Å². The van der Waals surface area contributed by atoms with Crippen LogP contribution < -0.4 is 10.1 Å². The molecule has 1 aliphatic carbocycles. The highest BCUT2D eigenvalue weighted by Crippen LogP contribution is 2.22. The second-order valence-electron chi connectivity index (χ2n) is 8.01. The van der Waals surface area contributed by atoms with Crippen LogP contribution in [0.5, 0.6) is 5.75 Å². The number of carbonyl (C=O) groups is 2. The van der Waals surface area contributed by atoms with Crippen LogP contribution in [-0.2, 0) is 9.53 Å². The van der Waals surface area contributed by atoms with Crippen LogP contribution in [0, 0.1) is 13.8 Å². The molecule has 1 fully saturated rings. The first kappa shape index (κ1) is 21.9. The van der Waals surface area contributed by atoms with Crippen molar-refractivity contribution in [1.29, 1.82) is 0 Å². The molecule has 3 rings (SSSR count). The third kappa shape index (κ3) is 6.61. The Hall–Kier alpha value is -2.82. The van der Waals surface area contributed by atoms with Crippen molar-refractivity contribution in [3.8, 4) is 5.75 Å². The molecule has 1 saturated carbocycles. The van der Waals surface area contributed by atoms with Gasteiger partial charge in [0, 0.05) is 12.1 Å². The zero-order valence-corrected chi connectivity index (χ0v) is 17.9. The standard InChI is InChI=1S/C25H31NO4/c1-18-10-15-23(19(2)17-18)29-16-6-9-24(27)26-21-13-11-20(12-14-21)25(28)30-22-7-4-3-5-8-22/h10-15,17,22H,3-9,16H2,1-2H3,(H,26,27). The number of carbonyl (C=O) groups excluding carboxylic acids is 2. The molecular weight excluding hydrogens is 378 g/mol. The van der Waals surface area contributed by atoms with Crippen LogP contribution >= 0.6 is 0 Å². The quantitative estimate of drug-likeness (QED) is 0.456. The highest BCUT2D eigenvalue weighted by atomic mass is 16.5. The molecule has 1 N–H and O–H groups in total. The zero-order chi connectivity index (χ0) is 21.3. The minimum atomic E-state index is -0.289. The Balaban J connectivity index is 1.39. The van der Waals surface area contributed by atoms with E-state index in [0.29, 0.717) is 30.7 Å². The van der Waals surface area contributed by atoms with Gasteiger partial charge in [-0.15, -0.1) is 0 Å². The van der Waals surface area contributed by atoms with Crippen molar-refractivity contribution in [2.75, 3.05) is 11.9 Å². The lowest BCUT2D eigenvalue weighted by molar-refractivity contribution is -0.116. The van der Waals surface area contributed by atoms with E-state index in [1.165, 1.54) is 12.0 Å². The number of anilines is 1. The van der Waals surface area contributed by atoms with Crippen LogP contribution in [0.3, 0.4) is 0 Å². The van der Waals surface area contributed by atoms with Gasteiger partial charge in [0.1, 0.15) is 11.9 Å². The molecule has 0 unspecified atom stereocenters. The van der Waals surface area contributed by atoms with Crippen molar-refractivity contribution < 1.29 is 19.1 Å². The molecule has 160 valence electrons. The Morgan fingerprint density at radius 2 is 1.73 bits per heavy atom. The van der Waals surface area contributed by atoms with Gasteiger partial charge in [-0.25, -0.2) is 4.79 Å². The monoisotopic (exact) mass is 409 g/mol. The van der Waals surface area contributed by atoms with Crippen molar-refractivity contribution in [1.82, 2.24) is 0 Å². The molecule has 0 bridgehead atoms. The summed E-state index contributed by atoms with van der Waals surface area (Å²) in [6.07, 6.45) is 6.41. The molecule has 2 aromatic rings. The van der Waals surface area contributed by atoms with E-state index >= 15 is 0 Å². The first-order chi connectivity index (χ1) is 14.5. The SMILES string of the molecule is Cc1ccc(OCCCC(=O)Nc2ccc(C(=O)OC3CCCCC3)cc2)c(C)c1. The van der Waals surface area contributed by atoms with Crippen LogP contribution in [0.2, 0.25) is 0 Å². The predicted octanol–water partition coefficient (Wildman–Crippen LogP) is 5.59. The number of nitrogens with one attached hydrogen (secondary N) is 1. The molecule has 0 atom stereocenters. The summed E-state index contributed by atoms with van der Waals surface area (Å²) in [6, 6.07) is 12.9. The van der Waals surface area contributed by atoms with Crippen LogP contribution in [0.1, 0.15) is 66.4 Å². The number of ether oxygens (including phenoxy) is 2. The van der Waals surface area contributed by atoms with E-state index in [4.69, 9.17) is 9.47 Å². The van der Waals surface area contributed by atoms with E-state index in [9.17, 15) is 9.59 Å². The van der Waals surface area contributed by atoms with Crippen LogP contribution in [0.4, 0.5) is 5.69 Å². The molecule has 0 radical (unpaired) electrons. The zero-order valence-electron chi connectivity index (χ0n) is 17.9. The fourth-order valence-corrected chi connectivity index (χ4v) is 3.69. The molecule has 1 amide bonds. The first-order valence-electron chi connectivity index (χ1n) is 10.8. The highest BCUT2D eigenvalue weighted by molar-refractivity contribution is 5.93. The number of hydrogen-bond donors (Lipinski definition) is 1. The number of esters is 1. The van der Waals surface area contributed by atoms with Crippen LogP contribution in [0.15, 0.2) is 42.5 Å². The van der Waals surface area contributed by atoms with Crippen molar-refractivity contribution in [2.45, 2.75) is 64.9 Å². The average molecular weight is 410 g/mol. The van der Waals surface area contributed by atoms with Gasteiger partial charge >= 0.3 is 5.97 Å². The Bertz CT molecular complexity index is 854. The fraction of sp³-hybridized carbons (Fsp3) is 0.440. The molecule has 0 aromatic heterocycles. The Labute approximate surface area is 178 Å². The fourth-order valence-electron chi connectivity index (χ4n) is 3.69. The largest absolute Gasteiger partial charge is 0.493 e. The number of amides is 1. The molecule has 0 heterocycles. The molecular formula is C25H31NO4. The van der Waals surface area contributed by atoms with E-state index in [0.717, 1.165) is 37.0 Å². The Morgan fingerprint density at radius 3 is 2.43 bits per heavy atom. The van der Waals surface area contributed by atoms with Gasteiger partial charge in [-0.05, 0) is 81.8 Å². The first-order valence-corrected chi connectivity index (χ1v) is 10.8. The Morgan fingerprint density at radius 1 is 1.00 bits per heavy atom. The summed E-state index contributed by atoms with van der Waals surface area (Å²) in [6.45, 7) is 4.56. The van der Waals surface area contributed by atoms with Crippen molar-refractivity contribution in [2.24, 2.45) is 0 Å². The minimum absolute atomic E-state index is 0.0385. The van der Waals surface area contributed by atoms with Gasteiger partial charge in [-0.2, -0.15) is 0 Å². The average Bonchev–Trinajstić information content (AvgIpc) is 2.73. The molecule has 0 saturated heterocycles. The number of rotatable bonds is 8. The summed E-state index contributed by atoms with van der Waals surface area (Å²) in [5.41, 5.74) is 3.49. The normalized spacial score (nSPS) is 14.2. The van der Waals surface area contributed by atoms with Gasteiger partial charge in [0.25, 0.3) is 0 Å².